The fourth-order valence-corrected chi connectivity index (χ4v) is 2.32. The van der Waals surface area contributed by atoms with Crippen molar-refractivity contribution in [3.05, 3.63) is 29.3 Å². The van der Waals surface area contributed by atoms with Gasteiger partial charge < -0.3 is 0 Å². The van der Waals surface area contributed by atoms with Crippen molar-refractivity contribution in [2.45, 2.75) is 32.1 Å². The minimum Gasteiger partial charge on any atom is -0.282 e. The smallest absolute Gasteiger partial charge is 0.282 e. The summed E-state index contributed by atoms with van der Waals surface area (Å²) >= 11 is 0. The van der Waals surface area contributed by atoms with Crippen molar-refractivity contribution in [3.63, 3.8) is 0 Å². The Hall–Kier alpha value is -1.38. The van der Waals surface area contributed by atoms with E-state index in [1.165, 1.54) is 6.07 Å². The van der Waals surface area contributed by atoms with Crippen LogP contribution in [-0.2, 0) is 16.5 Å². The molecule has 0 saturated heterocycles. The van der Waals surface area contributed by atoms with Gasteiger partial charge in [0.2, 0.25) is 0 Å². The molecule has 0 aromatic heterocycles. The molecule has 0 bridgehead atoms. The van der Waals surface area contributed by atoms with Crippen molar-refractivity contribution in [1.29, 1.82) is 5.26 Å². The van der Waals surface area contributed by atoms with E-state index in [1.54, 1.807) is 26.0 Å². The zero-order chi connectivity index (χ0) is 13.3. The van der Waals surface area contributed by atoms with E-state index in [9.17, 15) is 8.42 Å². The second-order valence-corrected chi connectivity index (χ2v) is 6.15. The average molecular weight is 253 g/mol. The van der Waals surface area contributed by atoms with Crippen molar-refractivity contribution in [2.75, 3.05) is 0 Å². The number of rotatable bonds is 3. The zero-order valence-corrected chi connectivity index (χ0v) is 10.9. The molecule has 0 spiro atoms. The maximum Gasteiger partial charge on any atom is 0.294 e. The molecule has 4 nitrogen and oxygen atoms in total. The number of benzene rings is 1. The third-order valence-corrected chi connectivity index (χ3v) is 3.38. The summed E-state index contributed by atoms with van der Waals surface area (Å²) in [5, 5.41) is 8.96. The summed E-state index contributed by atoms with van der Waals surface area (Å²) in [5.41, 5.74) is 0.688. The average Bonchev–Trinajstić information content (AvgIpc) is 2.15. The van der Waals surface area contributed by atoms with Crippen molar-refractivity contribution in [1.82, 2.24) is 0 Å². The Morgan fingerprint density at radius 3 is 2.47 bits per heavy atom. The molecule has 0 aliphatic carbocycles. The molecule has 1 rings (SSSR count). The van der Waals surface area contributed by atoms with Gasteiger partial charge in [-0.1, -0.05) is 17.7 Å². The molecule has 1 aromatic rings. The minimum atomic E-state index is -4.24. The van der Waals surface area contributed by atoms with Gasteiger partial charge in [-0.3, -0.25) is 4.55 Å². The van der Waals surface area contributed by atoms with E-state index in [2.05, 4.69) is 6.07 Å². The quantitative estimate of drug-likeness (QED) is 0.838. The first-order valence-corrected chi connectivity index (χ1v) is 6.58. The van der Waals surface area contributed by atoms with Crippen LogP contribution >= 0.6 is 0 Å². The highest BCUT2D eigenvalue weighted by atomic mass is 32.2. The lowest BCUT2D eigenvalue weighted by atomic mass is 9.87. The highest BCUT2D eigenvalue weighted by molar-refractivity contribution is 7.85. The summed E-state index contributed by atoms with van der Waals surface area (Å²) in [5.74, 6) is 0. The molecule has 0 unspecified atom stereocenters. The second kappa shape index (κ2) is 4.47. The van der Waals surface area contributed by atoms with Crippen molar-refractivity contribution in [3.8, 4) is 6.07 Å². The van der Waals surface area contributed by atoms with Gasteiger partial charge in [-0.25, -0.2) is 0 Å². The van der Waals surface area contributed by atoms with Gasteiger partial charge in [0.1, 0.15) is 0 Å². The largest absolute Gasteiger partial charge is 0.294 e. The monoisotopic (exact) mass is 253 g/mol. The van der Waals surface area contributed by atoms with Gasteiger partial charge in [-0.15, -0.1) is 0 Å². The van der Waals surface area contributed by atoms with Crippen LogP contribution in [0, 0.1) is 23.7 Å². The topological polar surface area (TPSA) is 78.2 Å². The molecule has 0 amide bonds. The van der Waals surface area contributed by atoms with Crippen LogP contribution in [0.1, 0.15) is 25.0 Å². The third-order valence-electron chi connectivity index (χ3n) is 2.43. The molecule has 0 radical (unpaired) electrons. The predicted molar refractivity (Wildman–Crippen MR) is 64.1 cm³/mol. The molecule has 0 atom stereocenters. The van der Waals surface area contributed by atoms with Crippen LogP contribution in [0.25, 0.3) is 0 Å². The number of nitrogens with zero attached hydrogens (tertiary/aromatic N) is 1. The number of hydrogen-bond donors (Lipinski definition) is 1. The fraction of sp³-hybridized carbons (Fsp3) is 0.417. The maximum atomic E-state index is 11.2. The normalized spacial score (nSPS) is 12.2. The van der Waals surface area contributed by atoms with E-state index in [-0.39, 0.29) is 11.3 Å². The number of aryl methyl sites for hydroxylation is 1. The molecular formula is C12H15NO3S. The van der Waals surface area contributed by atoms with Crippen LogP contribution in [0.15, 0.2) is 23.1 Å². The molecule has 0 fully saturated rings. The van der Waals surface area contributed by atoms with E-state index in [4.69, 9.17) is 9.81 Å². The Morgan fingerprint density at radius 2 is 2.00 bits per heavy atom. The summed E-state index contributed by atoms with van der Waals surface area (Å²) < 4.78 is 31.5. The standard InChI is InChI=1S/C12H15NO3S/c1-9-4-5-11(17(14,15)16)10(6-9)7-12(2,3)8-13/h4-6H,7H2,1-3H3,(H,14,15,16). The van der Waals surface area contributed by atoms with Gasteiger partial charge >= 0.3 is 0 Å². The molecule has 17 heavy (non-hydrogen) atoms. The van der Waals surface area contributed by atoms with Gasteiger partial charge in [0.25, 0.3) is 10.1 Å². The zero-order valence-electron chi connectivity index (χ0n) is 10.1. The second-order valence-electron chi connectivity index (χ2n) is 4.76. The van der Waals surface area contributed by atoms with Crippen molar-refractivity contribution in [2.24, 2.45) is 5.41 Å². The summed E-state index contributed by atoms with van der Waals surface area (Å²) in [6.07, 6.45) is 0.278. The van der Waals surface area contributed by atoms with Gasteiger partial charge in [0, 0.05) is 0 Å². The maximum absolute atomic E-state index is 11.2. The molecule has 0 heterocycles. The Balaban J connectivity index is 3.33. The Bertz CT molecular complexity index is 568. The van der Waals surface area contributed by atoms with Gasteiger partial charge in [-0.05, 0) is 38.8 Å². The van der Waals surface area contributed by atoms with Gasteiger partial charge in [0.15, 0.2) is 0 Å². The predicted octanol–water partition coefficient (Wildman–Crippen LogP) is 2.33. The Labute approximate surface area is 102 Å². The lowest BCUT2D eigenvalue weighted by molar-refractivity contribution is 0.470. The molecule has 0 saturated carbocycles. The fourth-order valence-electron chi connectivity index (χ4n) is 1.61. The summed E-state index contributed by atoms with van der Waals surface area (Å²) in [7, 11) is -4.24. The SMILES string of the molecule is Cc1ccc(S(=O)(=O)O)c(CC(C)(C)C#N)c1. The summed E-state index contributed by atoms with van der Waals surface area (Å²) in [6.45, 7) is 5.28. The number of hydrogen-bond acceptors (Lipinski definition) is 3. The van der Waals surface area contributed by atoms with E-state index < -0.39 is 15.5 Å². The highest BCUT2D eigenvalue weighted by Crippen LogP contribution is 2.26. The molecular weight excluding hydrogens is 238 g/mol. The third kappa shape index (κ3) is 3.55. The minimum absolute atomic E-state index is 0.119. The van der Waals surface area contributed by atoms with E-state index in [0.717, 1.165) is 5.56 Å². The Kier molecular flexibility index (Phi) is 3.60. The molecule has 0 aliphatic rings. The van der Waals surface area contributed by atoms with Gasteiger partial charge in [-0.2, -0.15) is 13.7 Å². The first-order chi connectivity index (χ1) is 7.65. The van der Waals surface area contributed by atoms with Crippen LogP contribution in [0.4, 0.5) is 0 Å². The summed E-state index contributed by atoms with van der Waals surface area (Å²) in [6, 6.07) is 6.78. The molecule has 0 aliphatic heterocycles. The van der Waals surface area contributed by atoms with Crippen LogP contribution < -0.4 is 0 Å². The number of nitriles is 1. The van der Waals surface area contributed by atoms with Crippen LogP contribution in [-0.4, -0.2) is 13.0 Å². The first-order valence-electron chi connectivity index (χ1n) is 5.14. The Morgan fingerprint density at radius 1 is 1.41 bits per heavy atom. The molecule has 1 aromatic carbocycles. The molecule has 1 N–H and O–H groups in total. The lowest BCUT2D eigenvalue weighted by Crippen LogP contribution is -2.15. The highest BCUT2D eigenvalue weighted by Gasteiger charge is 2.23. The van der Waals surface area contributed by atoms with E-state index >= 15 is 0 Å². The van der Waals surface area contributed by atoms with Crippen molar-refractivity contribution >= 4 is 10.1 Å². The van der Waals surface area contributed by atoms with Crippen molar-refractivity contribution < 1.29 is 13.0 Å². The van der Waals surface area contributed by atoms with Crippen LogP contribution in [0.3, 0.4) is 0 Å². The van der Waals surface area contributed by atoms with Crippen LogP contribution in [0.5, 0.6) is 0 Å². The molecule has 92 valence electrons. The van der Waals surface area contributed by atoms with Crippen LogP contribution in [0.2, 0.25) is 0 Å². The van der Waals surface area contributed by atoms with E-state index in [0.29, 0.717) is 5.56 Å². The molecule has 5 heteroatoms. The summed E-state index contributed by atoms with van der Waals surface area (Å²) in [4.78, 5) is -0.119. The first kappa shape index (κ1) is 13.7. The van der Waals surface area contributed by atoms with E-state index in [1.807, 2.05) is 6.92 Å². The lowest BCUT2D eigenvalue weighted by Gasteiger charge is -2.17. The van der Waals surface area contributed by atoms with Gasteiger partial charge in [0.05, 0.1) is 16.4 Å².